The van der Waals surface area contributed by atoms with Gasteiger partial charge in [-0.3, -0.25) is 14.9 Å². The maximum absolute atomic E-state index is 11.0. The average molecular weight is 217 g/mol. The number of primary amides is 1. The van der Waals surface area contributed by atoms with Gasteiger partial charge in [0.25, 0.3) is 5.91 Å². The lowest BCUT2D eigenvalue weighted by molar-refractivity contribution is 0.0996. The smallest absolute Gasteiger partial charge is 0.268 e. The van der Waals surface area contributed by atoms with Crippen LogP contribution in [0.5, 0.6) is 0 Å². The second-order valence-electron chi connectivity index (χ2n) is 3.24. The van der Waals surface area contributed by atoms with Gasteiger partial charge in [0.2, 0.25) is 0 Å². The Balaban J connectivity index is 2.05. The van der Waals surface area contributed by atoms with E-state index in [0.717, 1.165) is 5.56 Å². The van der Waals surface area contributed by atoms with E-state index in [1.54, 1.807) is 12.4 Å². The minimum atomic E-state index is -0.536. The van der Waals surface area contributed by atoms with Crippen LogP contribution in [0.1, 0.15) is 16.1 Å². The lowest BCUT2D eigenvalue weighted by atomic mass is 10.2. The summed E-state index contributed by atoms with van der Waals surface area (Å²) in [6.07, 6.45) is 4.98. The maximum atomic E-state index is 11.0. The molecule has 0 saturated heterocycles. The Bertz CT molecular complexity index is 479. The Morgan fingerprint density at radius 3 is 3.06 bits per heavy atom. The second kappa shape index (κ2) is 4.43. The number of aromatic nitrogens is 3. The van der Waals surface area contributed by atoms with E-state index in [1.807, 2.05) is 12.1 Å². The number of amides is 1. The van der Waals surface area contributed by atoms with Crippen LogP contribution in [0.15, 0.2) is 30.7 Å². The molecule has 0 aliphatic carbocycles. The van der Waals surface area contributed by atoms with Crippen LogP contribution in [0.25, 0.3) is 0 Å². The number of rotatable bonds is 4. The number of nitrogens with zero attached hydrogens (tertiary/aromatic N) is 2. The molecule has 82 valence electrons. The first kappa shape index (κ1) is 10.2. The first-order valence-corrected chi connectivity index (χ1v) is 4.73. The molecule has 1 amide bonds. The summed E-state index contributed by atoms with van der Waals surface area (Å²) in [4.78, 5) is 15.0. The van der Waals surface area contributed by atoms with Gasteiger partial charge in [-0.15, -0.1) is 0 Å². The largest absolute Gasteiger partial charge is 0.378 e. The standard InChI is InChI=1S/C10H11N5O/c11-10(16)9-8(6-14-15-9)13-5-7-2-1-3-12-4-7/h1-4,6,13H,5H2,(H2,11,16)(H,14,15). The fourth-order valence-electron chi connectivity index (χ4n) is 1.31. The van der Waals surface area contributed by atoms with Crippen LogP contribution in [-0.4, -0.2) is 21.1 Å². The van der Waals surface area contributed by atoms with Crippen molar-refractivity contribution < 1.29 is 4.79 Å². The normalized spacial score (nSPS) is 10.0. The highest BCUT2D eigenvalue weighted by atomic mass is 16.1. The van der Waals surface area contributed by atoms with Crippen LogP contribution in [-0.2, 0) is 6.54 Å². The summed E-state index contributed by atoms with van der Waals surface area (Å²) in [5.41, 5.74) is 7.05. The zero-order chi connectivity index (χ0) is 11.4. The molecule has 2 aromatic heterocycles. The molecule has 6 nitrogen and oxygen atoms in total. The van der Waals surface area contributed by atoms with Crippen molar-refractivity contribution in [3.8, 4) is 0 Å². The molecule has 0 fully saturated rings. The van der Waals surface area contributed by atoms with Crippen molar-refractivity contribution in [2.75, 3.05) is 5.32 Å². The van der Waals surface area contributed by atoms with Crippen LogP contribution in [0, 0.1) is 0 Å². The van der Waals surface area contributed by atoms with Crippen molar-refractivity contribution in [3.63, 3.8) is 0 Å². The van der Waals surface area contributed by atoms with Crippen LogP contribution in [0.2, 0.25) is 0 Å². The quantitative estimate of drug-likeness (QED) is 0.695. The number of carbonyl (C=O) groups excluding carboxylic acids is 1. The van der Waals surface area contributed by atoms with E-state index in [2.05, 4.69) is 20.5 Å². The molecule has 2 rings (SSSR count). The van der Waals surface area contributed by atoms with E-state index < -0.39 is 5.91 Å². The Labute approximate surface area is 91.9 Å². The van der Waals surface area contributed by atoms with E-state index in [4.69, 9.17) is 5.73 Å². The first-order chi connectivity index (χ1) is 7.77. The number of H-pyrrole nitrogens is 1. The van der Waals surface area contributed by atoms with Crippen LogP contribution < -0.4 is 11.1 Å². The van der Waals surface area contributed by atoms with Gasteiger partial charge in [0.05, 0.1) is 11.9 Å². The van der Waals surface area contributed by atoms with Gasteiger partial charge in [-0.1, -0.05) is 6.07 Å². The number of aromatic amines is 1. The zero-order valence-corrected chi connectivity index (χ0v) is 8.47. The topological polar surface area (TPSA) is 96.7 Å². The molecule has 0 unspecified atom stereocenters. The monoisotopic (exact) mass is 217 g/mol. The fourth-order valence-corrected chi connectivity index (χ4v) is 1.31. The van der Waals surface area contributed by atoms with Gasteiger partial charge in [0.15, 0.2) is 0 Å². The molecule has 0 saturated carbocycles. The molecule has 0 spiro atoms. The van der Waals surface area contributed by atoms with Gasteiger partial charge in [0, 0.05) is 18.9 Å². The van der Waals surface area contributed by atoms with Gasteiger partial charge < -0.3 is 11.1 Å². The SMILES string of the molecule is NC(=O)c1[nH]ncc1NCc1cccnc1. The highest BCUT2D eigenvalue weighted by Gasteiger charge is 2.09. The molecule has 0 aliphatic rings. The lowest BCUT2D eigenvalue weighted by Gasteiger charge is -2.04. The van der Waals surface area contributed by atoms with Gasteiger partial charge in [-0.05, 0) is 11.6 Å². The molecule has 0 aliphatic heterocycles. The molecular weight excluding hydrogens is 206 g/mol. The predicted molar refractivity (Wildman–Crippen MR) is 58.7 cm³/mol. The summed E-state index contributed by atoms with van der Waals surface area (Å²) in [5.74, 6) is -0.536. The van der Waals surface area contributed by atoms with Crippen LogP contribution in [0.4, 0.5) is 5.69 Å². The van der Waals surface area contributed by atoms with Crippen molar-refractivity contribution in [2.45, 2.75) is 6.54 Å². The summed E-state index contributed by atoms with van der Waals surface area (Å²) >= 11 is 0. The summed E-state index contributed by atoms with van der Waals surface area (Å²) < 4.78 is 0. The number of carbonyl (C=O) groups is 1. The number of anilines is 1. The van der Waals surface area contributed by atoms with Crippen molar-refractivity contribution in [3.05, 3.63) is 42.0 Å². The van der Waals surface area contributed by atoms with Gasteiger partial charge in [0.1, 0.15) is 5.69 Å². The molecule has 0 radical (unpaired) electrons. The number of nitrogens with two attached hydrogens (primary N) is 1. The minimum absolute atomic E-state index is 0.281. The Morgan fingerprint density at radius 2 is 2.38 bits per heavy atom. The van der Waals surface area contributed by atoms with E-state index in [9.17, 15) is 4.79 Å². The maximum Gasteiger partial charge on any atom is 0.268 e. The van der Waals surface area contributed by atoms with Crippen molar-refractivity contribution in [2.24, 2.45) is 5.73 Å². The third-order valence-electron chi connectivity index (χ3n) is 2.09. The highest BCUT2D eigenvalue weighted by Crippen LogP contribution is 2.11. The summed E-state index contributed by atoms with van der Waals surface area (Å²) in [5, 5.41) is 9.35. The van der Waals surface area contributed by atoms with Crippen molar-refractivity contribution >= 4 is 11.6 Å². The Hall–Kier alpha value is -2.37. The lowest BCUT2D eigenvalue weighted by Crippen LogP contribution is -2.14. The van der Waals surface area contributed by atoms with Crippen molar-refractivity contribution in [1.29, 1.82) is 0 Å². The van der Waals surface area contributed by atoms with Gasteiger partial charge in [-0.2, -0.15) is 5.10 Å². The van der Waals surface area contributed by atoms with Crippen LogP contribution in [0.3, 0.4) is 0 Å². The van der Waals surface area contributed by atoms with E-state index in [0.29, 0.717) is 12.2 Å². The molecule has 16 heavy (non-hydrogen) atoms. The number of nitrogens with one attached hydrogen (secondary N) is 2. The second-order valence-corrected chi connectivity index (χ2v) is 3.24. The summed E-state index contributed by atoms with van der Waals surface area (Å²) in [6.45, 7) is 0.563. The van der Waals surface area contributed by atoms with Gasteiger partial charge >= 0.3 is 0 Å². The zero-order valence-electron chi connectivity index (χ0n) is 8.47. The predicted octanol–water partition coefficient (Wildman–Crippen LogP) is 0.516. The van der Waals surface area contributed by atoms with Crippen molar-refractivity contribution in [1.82, 2.24) is 15.2 Å². The fraction of sp³-hybridized carbons (Fsp3) is 0.100. The third kappa shape index (κ3) is 2.17. The molecule has 2 aromatic rings. The Morgan fingerprint density at radius 1 is 1.50 bits per heavy atom. The highest BCUT2D eigenvalue weighted by molar-refractivity contribution is 5.96. The number of hydrogen-bond acceptors (Lipinski definition) is 4. The molecule has 0 aromatic carbocycles. The van der Waals surface area contributed by atoms with E-state index in [1.165, 1.54) is 6.20 Å². The molecule has 0 atom stereocenters. The van der Waals surface area contributed by atoms with Gasteiger partial charge in [-0.25, -0.2) is 0 Å². The average Bonchev–Trinajstić information content (AvgIpc) is 2.76. The third-order valence-corrected chi connectivity index (χ3v) is 2.09. The first-order valence-electron chi connectivity index (χ1n) is 4.73. The minimum Gasteiger partial charge on any atom is -0.378 e. The van der Waals surface area contributed by atoms with Crippen LogP contribution >= 0.6 is 0 Å². The summed E-state index contributed by atoms with van der Waals surface area (Å²) in [7, 11) is 0. The molecule has 6 heteroatoms. The molecular formula is C10H11N5O. The molecule has 4 N–H and O–H groups in total. The van der Waals surface area contributed by atoms with E-state index >= 15 is 0 Å². The molecule has 0 bridgehead atoms. The summed E-state index contributed by atoms with van der Waals surface area (Å²) in [6, 6.07) is 3.78. The molecule has 2 heterocycles. The van der Waals surface area contributed by atoms with E-state index in [-0.39, 0.29) is 5.69 Å². The number of pyridine rings is 1. The number of hydrogen-bond donors (Lipinski definition) is 3. The Kier molecular flexibility index (Phi) is 2.81.